The number of ether oxygens (including phenoxy) is 3. The molecule has 1 aromatic carbocycles. The van der Waals surface area contributed by atoms with Crippen molar-refractivity contribution >= 4 is 22.7 Å². The number of nitrogens with zero attached hydrogens (tertiary/aromatic N) is 3. The van der Waals surface area contributed by atoms with Gasteiger partial charge in [0.1, 0.15) is 5.82 Å². The monoisotopic (exact) mass is 332 g/mol. The SMILES string of the molecule is CCCNc1nc(N2CCOCC2)nc2cc(OC)c(OC)cc12. The molecule has 0 atom stereocenters. The molecule has 7 heteroatoms. The van der Waals surface area contributed by atoms with E-state index in [9.17, 15) is 0 Å². The van der Waals surface area contributed by atoms with E-state index in [4.69, 9.17) is 24.2 Å². The highest BCUT2D eigenvalue weighted by atomic mass is 16.5. The summed E-state index contributed by atoms with van der Waals surface area (Å²) in [6.07, 6.45) is 1.02. The molecule has 0 spiro atoms. The second-order valence-electron chi connectivity index (χ2n) is 5.62. The van der Waals surface area contributed by atoms with Crippen molar-refractivity contribution in [1.82, 2.24) is 9.97 Å². The van der Waals surface area contributed by atoms with Crippen molar-refractivity contribution in [2.45, 2.75) is 13.3 Å². The van der Waals surface area contributed by atoms with Gasteiger partial charge in [-0.15, -0.1) is 0 Å². The van der Waals surface area contributed by atoms with Crippen molar-refractivity contribution in [3.05, 3.63) is 12.1 Å². The molecule has 0 amide bonds. The number of hydrogen-bond acceptors (Lipinski definition) is 7. The smallest absolute Gasteiger partial charge is 0.228 e. The summed E-state index contributed by atoms with van der Waals surface area (Å²) in [6, 6.07) is 3.83. The van der Waals surface area contributed by atoms with Crippen LogP contribution in [0.5, 0.6) is 11.5 Å². The maximum Gasteiger partial charge on any atom is 0.228 e. The Hall–Kier alpha value is -2.28. The Kier molecular flexibility index (Phi) is 5.20. The summed E-state index contributed by atoms with van der Waals surface area (Å²) in [5.74, 6) is 2.88. The molecule has 3 rings (SSSR count). The van der Waals surface area contributed by atoms with Crippen molar-refractivity contribution in [3.8, 4) is 11.5 Å². The number of nitrogens with one attached hydrogen (secondary N) is 1. The Labute approximate surface area is 141 Å². The fourth-order valence-electron chi connectivity index (χ4n) is 2.73. The maximum absolute atomic E-state index is 5.42. The van der Waals surface area contributed by atoms with E-state index < -0.39 is 0 Å². The van der Waals surface area contributed by atoms with Crippen LogP contribution in [0.4, 0.5) is 11.8 Å². The van der Waals surface area contributed by atoms with E-state index in [1.165, 1.54) is 0 Å². The van der Waals surface area contributed by atoms with E-state index in [0.717, 1.165) is 48.7 Å². The molecule has 1 aliphatic heterocycles. The first kappa shape index (κ1) is 16.6. The molecule has 0 aliphatic carbocycles. The van der Waals surface area contributed by atoms with Crippen LogP contribution in [0.2, 0.25) is 0 Å². The van der Waals surface area contributed by atoms with Gasteiger partial charge in [-0.25, -0.2) is 4.98 Å². The molecule has 2 aromatic rings. The Morgan fingerprint density at radius 3 is 2.50 bits per heavy atom. The van der Waals surface area contributed by atoms with Gasteiger partial charge in [-0.1, -0.05) is 6.92 Å². The number of aromatic nitrogens is 2. The van der Waals surface area contributed by atoms with Gasteiger partial charge in [-0.05, 0) is 12.5 Å². The van der Waals surface area contributed by atoms with Crippen LogP contribution in [0.3, 0.4) is 0 Å². The molecule has 0 radical (unpaired) electrons. The lowest BCUT2D eigenvalue weighted by Crippen LogP contribution is -2.37. The minimum atomic E-state index is 0.665. The molecular weight excluding hydrogens is 308 g/mol. The van der Waals surface area contributed by atoms with Gasteiger partial charge in [-0.3, -0.25) is 0 Å². The number of fused-ring (bicyclic) bond motifs is 1. The van der Waals surface area contributed by atoms with Gasteiger partial charge in [0, 0.05) is 31.1 Å². The van der Waals surface area contributed by atoms with Crippen LogP contribution in [0, 0.1) is 0 Å². The zero-order valence-corrected chi connectivity index (χ0v) is 14.5. The molecule has 2 heterocycles. The van der Waals surface area contributed by atoms with Crippen LogP contribution in [0.15, 0.2) is 12.1 Å². The minimum absolute atomic E-state index is 0.665. The molecule has 0 saturated carbocycles. The second-order valence-corrected chi connectivity index (χ2v) is 5.62. The van der Waals surface area contributed by atoms with Crippen LogP contribution in [-0.2, 0) is 4.74 Å². The number of morpholine rings is 1. The Morgan fingerprint density at radius 2 is 1.83 bits per heavy atom. The third kappa shape index (κ3) is 3.31. The topological polar surface area (TPSA) is 68.7 Å². The van der Waals surface area contributed by atoms with Crippen molar-refractivity contribution < 1.29 is 14.2 Å². The number of hydrogen-bond donors (Lipinski definition) is 1. The highest BCUT2D eigenvalue weighted by molar-refractivity contribution is 5.92. The van der Waals surface area contributed by atoms with Crippen LogP contribution in [0.1, 0.15) is 13.3 Å². The number of anilines is 2. The third-order valence-electron chi connectivity index (χ3n) is 4.03. The van der Waals surface area contributed by atoms with Crippen LogP contribution >= 0.6 is 0 Å². The summed E-state index contributed by atoms with van der Waals surface area (Å²) in [5.41, 5.74) is 0.836. The first-order valence-electron chi connectivity index (χ1n) is 8.27. The van der Waals surface area contributed by atoms with Gasteiger partial charge in [0.05, 0.1) is 33.0 Å². The number of methoxy groups -OCH3 is 2. The van der Waals surface area contributed by atoms with Gasteiger partial charge in [0.25, 0.3) is 0 Å². The first-order chi connectivity index (χ1) is 11.8. The van der Waals surface area contributed by atoms with E-state index >= 15 is 0 Å². The molecule has 1 aliphatic rings. The lowest BCUT2D eigenvalue weighted by molar-refractivity contribution is 0.122. The zero-order chi connectivity index (χ0) is 16.9. The summed E-state index contributed by atoms with van der Waals surface area (Å²) < 4.78 is 16.2. The highest BCUT2D eigenvalue weighted by Gasteiger charge is 2.18. The summed E-state index contributed by atoms with van der Waals surface area (Å²) in [6.45, 7) is 5.97. The highest BCUT2D eigenvalue weighted by Crippen LogP contribution is 2.35. The molecule has 7 nitrogen and oxygen atoms in total. The Morgan fingerprint density at radius 1 is 1.12 bits per heavy atom. The molecule has 1 saturated heterocycles. The molecule has 1 fully saturated rings. The normalized spacial score (nSPS) is 14.7. The molecular formula is C17H24N4O3. The molecule has 130 valence electrons. The maximum atomic E-state index is 5.42. The van der Waals surface area contributed by atoms with Crippen LogP contribution < -0.4 is 19.7 Å². The van der Waals surface area contributed by atoms with E-state index in [2.05, 4.69) is 17.1 Å². The minimum Gasteiger partial charge on any atom is -0.493 e. The average Bonchev–Trinajstić information content (AvgIpc) is 2.65. The second kappa shape index (κ2) is 7.53. The quantitative estimate of drug-likeness (QED) is 0.870. The van der Waals surface area contributed by atoms with Crippen molar-refractivity contribution in [2.24, 2.45) is 0 Å². The largest absolute Gasteiger partial charge is 0.493 e. The molecule has 0 unspecified atom stereocenters. The summed E-state index contributed by atoms with van der Waals surface area (Å²) in [5, 5.41) is 4.33. The predicted octanol–water partition coefficient (Wildman–Crippen LogP) is 2.31. The fraction of sp³-hybridized carbons (Fsp3) is 0.529. The molecule has 0 bridgehead atoms. The summed E-state index contributed by atoms with van der Waals surface area (Å²) in [7, 11) is 3.26. The van der Waals surface area contributed by atoms with Crippen molar-refractivity contribution in [1.29, 1.82) is 0 Å². The fourth-order valence-corrected chi connectivity index (χ4v) is 2.73. The Balaban J connectivity index is 2.10. The summed E-state index contributed by atoms with van der Waals surface area (Å²) >= 11 is 0. The van der Waals surface area contributed by atoms with Gasteiger partial charge in [0.15, 0.2) is 11.5 Å². The van der Waals surface area contributed by atoms with Crippen LogP contribution in [0.25, 0.3) is 10.9 Å². The molecule has 24 heavy (non-hydrogen) atoms. The van der Waals surface area contributed by atoms with Crippen molar-refractivity contribution in [2.75, 3.05) is 57.3 Å². The first-order valence-corrected chi connectivity index (χ1v) is 8.27. The van der Waals surface area contributed by atoms with Gasteiger partial charge < -0.3 is 24.4 Å². The summed E-state index contributed by atoms with van der Waals surface area (Å²) in [4.78, 5) is 11.6. The molecule has 1 aromatic heterocycles. The number of benzene rings is 1. The zero-order valence-electron chi connectivity index (χ0n) is 14.5. The third-order valence-corrected chi connectivity index (χ3v) is 4.03. The van der Waals surface area contributed by atoms with Gasteiger partial charge >= 0.3 is 0 Å². The van der Waals surface area contributed by atoms with E-state index in [-0.39, 0.29) is 0 Å². The van der Waals surface area contributed by atoms with Crippen molar-refractivity contribution in [3.63, 3.8) is 0 Å². The average molecular weight is 332 g/mol. The predicted molar refractivity (Wildman–Crippen MR) is 94.5 cm³/mol. The van der Waals surface area contributed by atoms with Gasteiger partial charge in [0.2, 0.25) is 5.95 Å². The van der Waals surface area contributed by atoms with E-state index in [1.807, 2.05) is 12.1 Å². The lowest BCUT2D eigenvalue weighted by Gasteiger charge is -2.27. The number of rotatable bonds is 6. The van der Waals surface area contributed by atoms with E-state index in [1.54, 1.807) is 14.2 Å². The molecule has 1 N–H and O–H groups in total. The lowest BCUT2D eigenvalue weighted by atomic mass is 10.2. The Bertz CT molecular complexity index is 702. The van der Waals surface area contributed by atoms with E-state index in [0.29, 0.717) is 24.7 Å². The van der Waals surface area contributed by atoms with Gasteiger partial charge in [-0.2, -0.15) is 4.98 Å². The standard InChI is InChI=1S/C17H24N4O3/c1-4-5-18-16-12-10-14(22-2)15(23-3)11-13(12)19-17(20-16)21-6-8-24-9-7-21/h10-11H,4-9H2,1-3H3,(H,18,19,20). The van der Waals surface area contributed by atoms with Crippen LogP contribution in [-0.4, -0.2) is 57.0 Å².